The van der Waals surface area contributed by atoms with Crippen molar-refractivity contribution in [3.8, 4) is 0 Å². The van der Waals surface area contributed by atoms with E-state index in [2.05, 4.69) is 10.3 Å². The number of nitrogens with zero attached hydrogens (tertiary/aromatic N) is 1. The van der Waals surface area contributed by atoms with Gasteiger partial charge < -0.3 is 14.8 Å². The Labute approximate surface area is 123 Å². The molecule has 0 bridgehead atoms. The molecule has 122 valence electrons. The van der Waals surface area contributed by atoms with Crippen molar-refractivity contribution in [3.05, 3.63) is 17.8 Å². The zero-order valence-corrected chi connectivity index (χ0v) is 11.5. The summed E-state index contributed by atoms with van der Waals surface area (Å²) in [4.78, 5) is 26.1. The molecule has 1 amide bonds. The largest absolute Gasteiger partial charge is 0.476 e. The van der Waals surface area contributed by atoms with E-state index < -0.39 is 24.0 Å². The van der Waals surface area contributed by atoms with Gasteiger partial charge in [0.25, 0.3) is 0 Å². The maximum Gasteiger partial charge on any atom is 0.391 e. The normalized spacial score (nSPS) is 22.3. The van der Waals surface area contributed by atoms with Gasteiger partial charge in [-0.15, -0.1) is 0 Å². The van der Waals surface area contributed by atoms with Crippen molar-refractivity contribution in [1.29, 1.82) is 0 Å². The van der Waals surface area contributed by atoms with Gasteiger partial charge in [-0.25, -0.2) is 9.78 Å². The van der Waals surface area contributed by atoms with Crippen molar-refractivity contribution >= 4 is 11.9 Å². The number of hydrogen-bond donors (Lipinski definition) is 2. The minimum absolute atomic E-state index is 0.0368. The first kappa shape index (κ1) is 16.3. The molecule has 1 aliphatic carbocycles. The van der Waals surface area contributed by atoms with E-state index in [0.717, 1.165) is 6.26 Å². The predicted octanol–water partition coefficient (Wildman–Crippen LogP) is 2.36. The summed E-state index contributed by atoms with van der Waals surface area (Å²) < 4.78 is 42.5. The summed E-state index contributed by atoms with van der Waals surface area (Å²) >= 11 is 0. The summed E-state index contributed by atoms with van der Waals surface area (Å²) in [6.07, 6.45) is -2.98. The van der Waals surface area contributed by atoms with Crippen molar-refractivity contribution in [3.63, 3.8) is 0 Å². The first-order chi connectivity index (χ1) is 10.3. The lowest BCUT2D eigenvalue weighted by molar-refractivity contribution is -0.184. The van der Waals surface area contributed by atoms with E-state index in [9.17, 15) is 22.8 Å². The number of carboxylic acid groups (broad SMARTS) is 1. The molecule has 1 saturated carbocycles. The van der Waals surface area contributed by atoms with Gasteiger partial charge in [0, 0.05) is 5.92 Å². The highest BCUT2D eigenvalue weighted by Crippen LogP contribution is 2.39. The van der Waals surface area contributed by atoms with Gasteiger partial charge in [-0.2, -0.15) is 13.2 Å². The number of alkyl halides is 3. The van der Waals surface area contributed by atoms with Crippen molar-refractivity contribution < 1.29 is 32.3 Å². The lowest BCUT2D eigenvalue weighted by Crippen LogP contribution is -2.35. The number of carbonyl (C=O) groups excluding carboxylic acids is 1. The molecule has 0 spiro atoms. The van der Waals surface area contributed by atoms with Crippen LogP contribution in [0.4, 0.5) is 13.2 Å². The Morgan fingerprint density at radius 2 is 1.95 bits per heavy atom. The molecular formula is C13H15F3N2O4. The third-order valence-corrected chi connectivity index (χ3v) is 3.75. The standard InChI is InChI=1S/C13H15F3N2O4/c14-13(15,16)8-3-1-7(2-4-8)11(19)17-5-10-18-9(6-22-10)12(20)21/h6-8H,1-5H2,(H,17,19)(H,20,21). The number of oxazole rings is 1. The van der Waals surface area contributed by atoms with Crippen LogP contribution in [0.5, 0.6) is 0 Å². The first-order valence-electron chi connectivity index (χ1n) is 6.79. The zero-order chi connectivity index (χ0) is 16.3. The summed E-state index contributed by atoms with van der Waals surface area (Å²) in [6, 6.07) is 0. The summed E-state index contributed by atoms with van der Waals surface area (Å²) in [6.45, 7) is -0.0920. The number of halogens is 3. The Morgan fingerprint density at radius 1 is 1.32 bits per heavy atom. The number of carbonyl (C=O) groups is 2. The number of carboxylic acids is 1. The van der Waals surface area contributed by atoms with Gasteiger partial charge in [-0.3, -0.25) is 4.79 Å². The van der Waals surface area contributed by atoms with Crippen LogP contribution in [0.15, 0.2) is 10.7 Å². The topological polar surface area (TPSA) is 92.4 Å². The minimum atomic E-state index is -4.20. The Morgan fingerprint density at radius 3 is 2.45 bits per heavy atom. The van der Waals surface area contributed by atoms with Crippen LogP contribution in [-0.4, -0.2) is 28.1 Å². The van der Waals surface area contributed by atoms with Gasteiger partial charge in [-0.05, 0) is 25.7 Å². The summed E-state index contributed by atoms with van der Waals surface area (Å²) in [5.41, 5.74) is -0.269. The molecule has 1 heterocycles. The number of amides is 1. The summed E-state index contributed by atoms with van der Waals surface area (Å²) in [5.74, 6) is -3.37. The number of rotatable bonds is 4. The van der Waals surface area contributed by atoms with Gasteiger partial charge >= 0.3 is 12.1 Å². The second-order valence-corrected chi connectivity index (χ2v) is 5.24. The Balaban J connectivity index is 1.79. The first-order valence-corrected chi connectivity index (χ1v) is 6.79. The monoisotopic (exact) mass is 320 g/mol. The van der Waals surface area contributed by atoms with E-state index in [1.54, 1.807) is 0 Å². The molecular weight excluding hydrogens is 305 g/mol. The van der Waals surface area contributed by atoms with Crippen molar-refractivity contribution in [2.24, 2.45) is 11.8 Å². The molecule has 2 rings (SSSR count). The van der Waals surface area contributed by atoms with Crippen LogP contribution in [0, 0.1) is 11.8 Å². The third kappa shape index (κ3) is 3.99. The fourth-order valence-electron chi connectivity index (χ4n) is 2.48. The minimum Gasteiger partial charge on any atom is -0.476 e. The number of aromatic carboxylic acids is 1. The molecule has 0 saturated heterocycles. The highest BCUT2D eigenvalue weighted by atomic mass is 19.4. The molecule has 0 atom stereocenters. The van der Waals surface area contributed by atoms with Gasteiger partial charge in [-0.1, -0.05) is 0 Å². The second kappa shape index (κ2) is 6.37. The number of aromatic nitrogens is 1. The molecule has 0 unspecified atom stereocenters. The SMILES string of the molecule is O=C(O)c1coc(CNC(=O)C2CCC(C(F)(F)F)CC2)n1. The molecule has 0 radical (unpaired) electrons. The van der Waals surface area contributed by atoms with E-state index in [1.165, 1.54) is 0 Å². The average Bonchev–Trinajstić information content (AvgIpc) is 2.93. The van der Waals surface area contributed by atoms with Gasteiger partial charge in [0.15, 0.2) is 5.69 Å². The molecule has 0 aliphatic heterocycles. The highest BCUT2D eigenvalue weighted by molar-refractivity contribution is 5.84. The van der Waals surface area contributed by atoms with E-state index in [0.29, 0.717) is 0 Å². The third-order valence-electron chi connectivity index (χ3n) is 3.75. The molecule has 1 fully saturated rings. The fourth-order valence-corrected chi connectivity index (χ4v) is 2.48. The lowest BCUT2D eigenvalue weighted by Gasteiger charge is -2.28. The van der Waals surface area contributed by atoms with Crippen LogP contribution in [0.1, 0.15) is 42.1 Å². The van der Waals surface area contributed by atoms with Gasteiger partial charge in [0.05, 0.1) is 12.5 Å². The molecule has 1 aliphatic rings. The predicted molar refractivity (Wildman–Crippen MR) is 66.8 cm³/mol. The van der Waals surface area contributed by atoms with E-state index in [4.69, 9.17) is 9.52 Å². The molecule has 1 aromatic rings. The Kier molecular flexibility index (Phi) is 4.72. The molecule has 1 aromatic heterocycles. The molecule has 0 aromatic carbocycles. The van der Waals surface area contributed by atoms with Crippen LogP contribution < -0.4 is 5.32 Å². The molecule has 6 nitrogen and oxygen atoms in total. The van der Waals surface area contributed by atoms with Crippen LogP contribution in [0.3, 0.4) is 0 Å². The maximum atomic E-state index is 12.5. The Bertz CT molecular complexity index is 548. The second-order valence-electron chi connectivity index (χ2n) is 5.24. The number of nitrogens with one attached hydrogen (secondary N) is 1. The van der Waals surface area contributed by atoms with Gasteiger partial charge in [0.2, 0.25) is 11.8 Å². The fraction of sp³-hybridized carbons (Fsp3) is 0.615. The van der Waals surface area contributed by atoms with Crippen molar-refractivity contribution in [2.45, 2.75) is 38.4 Å². The Hall–Kier alpha value is -2.06. The highest BCUT2D eigenvalue weighted by Gasteiger charge is 2.42. The van der Waals surface area contributed by atoms with E-state index in [-0.39, 0.29) is 49.7 Å². The van der Waals surface area contributed by atoms with Crippen molar-refractivity contribution in [1.82, 2.24) is 10.3 Å². The van der Waals surface area contributed by atoms with Crippen LogP contribution >= 0.6 is 0 Å². The maximum absolute atomic E-state index is 12.5. The summed E-state index contributed by atoms with van der Waals surface area (Å²) in [5, 5.41) is 11.2. The quantitative estimate of drug-likeness (QED) is 0.888. The molecule has 9 heteroatoms. The van der Waals surface area contributed by atoms with E-state index in [1.807, 2.05) is 0 Å². The number of hydrogen-bond acceptors (Lipinski definition) is 4. The van der Waals surface area contributed by atoms with Crippen molar-refractivity contribution in [2.75, 3.05) is 0 Å². The summed E-state index contributed by atoms with van der Waals surface area (Å²) in [7, 11) is 0. The zero-order valence-electron chi connectivity index (χ0n) is 11.5. The van der Waals surface area contributed by atoms with Crippen LogP contribution in [-0.2, 0) is 11.3 Å². The van der Waals surface area contributed by atoms with Crippen LogP contribution in [0.2, 0.25) is 0 Å². The lowest BCUT2D eigenvalue weighted by atomic mass is 9.81. The molecule has 2 N–H and O–H groups in total. The van der Waals surface area contributed by atoms with Crippen LogP contribution in [0.25, 0.3) is 0 Å². The van der Waals surface area contributed by atoms with E-state index >= 15 is 0 Å². The average molecular weight is 320 g/mol. The van der Waals surface area contributed by atoms with Gasteiger partial charge in [0.1, 0.15) is 6.26 Å². The smallest absolute Gasteiger partial charge is 0.391 e. The molecule has 22 heavy (non-hydrogen) atoms.